The summed E-state index contributed by atoms with van der Waals surface area (Å²) in [4.78, 5) is 57.0. The molecule has 1 aliphatic heterocycles. The van der Waals surface area contributed by atoms with Crippen LogP contribution in [-0.2, 0) is 29.0 Å². The van der Waals surface area contributed by atoms with Crippen molar-refractivity contribution in [2.24, 2.45) is 0 Å². The number of likely N-dealkylation sites (N-methyl/N-ethyl adjacent to an activating group) is 1. The minimum absolute atomic E-state index is 0.173. The van der Waals surface area contributed by atoms with Crippen LogP contribution in [0.3, 0.4) is 0 Å². The van der Waals surface area contributed by atoms with Crippen LogP contribution in [-0.4, -0.2) is 55.7 Å². The van der Waals surface area contributed by atoms with Gasteiger partial charge in [-0.1, -0.05) is 18.2 Å². The molecule has 2 N–H and O–H groups in total. The number of nitrogens with zero attached hydrogens (tertiary/aromatic N) is 4. The van der Waals surface area contributed by atoms with Gasteiger partial charge in [0.05, 0.1) is 11.0 Å². The second-order valence-electron chi connectivity index (χ2n) is 9.10. The van der Waals surface area contributed by atoms with E-state index in [1.165, 1.54) is 37.1 Å². The lowest BCUT2D eigenvalue weighted by Crippen LogP contribution is -2.48. The molecule has 10 nitrogen and oxygen atoms in total. The SMILES string of the molecule is CSc1csc(-n2c(=O)n(CC(=O)Nc3ccc4c(c3)CC3(C4)C(=O)NC(=O)N3C)c3ccccc32)n1. The molecule has 188 valence electrons. The highest BCUT2D eigenvalue weighted by molar-refractivity contribution is 7.98. The Morgan fingerprint density at radius 3 is 2.59 bits per heavy atom. The summed E-state index contributed by atoms with van der Waals surface area (Å²) in [5.74, 6) is -0.657. The minimum atomic E-state index is -0.927. The zero-order chi connectivity index (χ0) is 25.9. The molecule has 12 heteroatoms. The fourth-order valence-corrected chi connectivity index (χ4v) is 6.57. The number of rotatable bonds is 5. The van der Waals surface area contributed by atoms with E-state index >= 15 is 0 Å². The number of fused-ring (bicyclic) bond motifs is 2. The van der Waals surface area contributed by atoms with E-state index in [2.05, 4.69) is 15.6 Å². The van der Waals surface area contributed by atoms with Gasteiger partial charge in [0.1, 0.15) is 17.1 Å². The van der Waals surface area contributed by atoms with Crippen LogP contribution in [0.15, 0.2) is 57.7 Å². The molecule has 0 radical (unpaired) electrons. The predicted octanol–water partition coefficient (Wildman–Crippen LogP) is 2.63. The second-order valence-corrected chi connectivity index (χ2v) is 10.8. The number of hydrogen-bond acceptors (Lipinski definition) is 7. The number of aromatic nitrogens is 3. The zero-order valence-corrected chi connectivity index (χ0v) is 21.6. The molecule has 1 saturated heterocycles. The number of urea groups is 1. The summed E-state index contributed by atoms with van der Waals surface area (Å²) in [6, 6.07) is 12.4. The van der Waals surface area contributed by atoms with Crippen molar-refractivity contribution in [3.63, 3.8) is 0 Å². The van der Waals surface area contributed by atoms with Crippen LogP contribution < -0.4 is 16.3 Å². The summed E-state index contributed by atoms with van der Waals surface area (Å²) in [5, 5.41) is 8.54. The van der Waals surface area contributed by atoms with Gasteiger partial charge < -0.3 is 10.2 Å². The third kappa shape index (κ3) is 3.66. The number of imide groups is 1. The van der Waals surface area contributed by atoms with Crippen LogP contribution in [0.25, 0.3) is 16.2 Å². The summed E-state index contributed by atoms with van der Waals surface area (Å²) in [5.41, 5.74) is 2.48. The molecule has 0 bridgehead atoms. The van der Waals surface area contributed by atoms with Crippen LogP contribution >= 0.6 is 23.1 Å². The van der Waals surface area contributed by atoms with Crippen molar-refractivity contribution < 1.29 is 14.4 Å². The smallest absolute Gasteiger partial charge is 0.325 e. The molecule has 3 heterocycles. The number of nitrogens with one attached hydrogen (secondary N) is 2. The van der Waals surface area contributed by atoms with E-state index in [1.807, 2.05) is 48.0 Å². The number of hydrogen-bond donors (Lipinski definition) is 2. The van der Waals surface area contributed by atoms with E-state index in [4.69, 9.17) is 0 Å². The maximum Gasteiger partial charge on any atom is 0.336 e. The Bertz CT molecular complexity index is 1670. The fraction of sp³-hybridized carbons (Fsp3) is 0.240. The van der Waals surface area contributed by atoms with E-state index < -0.39 is 11.6 Å². The summed E-state index contributed by atoms with van der Waals surface area (Å²) in [6.45, 7) is -0.173. The van der Waals surface area contributed by atoms with Gasteiger partial charge in [-0.3, -0.25) is 19.5 Å². The van der Waals surface area contributed by atoms with Gasteiger partial charge in [0.15, 0.2) is 5.13 Å². The molecule has 4 amide bonds. The first-order chi connectivity index (χ1) is 17.8. The largest absolute Gasteiger partial charge is 0.336 e. The van der Waals surface area contributed by atoms with Crippen LogP contribution in [0.2, 0.25) is 0 Å². The molecule has 6 rings (SSSR count). The highest BCUT2D eigenvalue weighted by Gasteiger charge is 2.54. The highest BCUT2D eigenvalue weighted by Crippen LogP contribution is 2.38. The number of para-hydroxylation sites is 2. The summed E-state index contributed by atoms with van der Waals surface area (Å²) >= 11 is 2.88. The van der Waals surface area contributed by atoms with Crippen LogP contribution in [0.4, 0.5) is 10.5 Å². The van der Waals surface area contributed by atoms with Crippen molar-refractivity contribution in [2.45, 2.75) is 30.0 Å². The molecule has 1 unspecified atom stereocenters. The summed E-state index contributed by atoms with van der Waals surface area (Å²) in [7, 11) is 1.62. The Kier molecular flexibility index (Phi) is 5.46. The molecular weight excluding hydrogens is 512 g/mol. The third-order valence-corrected chi connectivity index (χ3v) is 8.66. The number of benzene rings is 2. The van der Waals surface area contributed by atoms with E-state index in [-0.39, 0.29) is 24.0 Å². The van der Waals surface area contributed by atoms with Crippen molar-refractivity contribution in [1.82, 2.24) is 24.3 Å². The van der Waals surface area contributed by atoms with Gasteiger partial charge in [-0.25, -0.2) is 19.1 Å². The van der Waals surface area contributed by atoms with Crippen LogP contribution in [0.1, 0.15) is 11.1 Å². The molecule has 1 fully saturated rings. The van der Waals surface area contributed by atoms with Gasteiger partial charge in [-0.05, 0) is 41.6 Å². The number of imidazole rings is 1. The Hall–Kier alpha value is -3.90. The highest BCUT2D eigenvalue weighted by atomic mass is 32.2. The quantitative estimate of drug-likeness (QED) is 0.300. The van der Waals surface area contributed by atoms with Crippen molar-refractivity contribution >= 4 is 57.7 Å². The molecule has 1 atom stereocenters. The van der Waals surface area contributed by atoms with E-state index in [0.29, 0.717) is 34.7 Å². The van der Waals surface area contributed by atoms with Gasteiger partial charge in [0.2, 0.25) is 5.91 Å². The number of carbonyl (C=O) groups is 3. The maximum absolute atomic E-state index is 13.4. The molecule has 1 spiro atoms. The van der Waals surface area contributed by atoms with Crippen LogP contribution in [0, 0.1) is 0 Å². The number of thiazole rings is 1. The lowest BCUT2D eigenvalue weighted by atomic mass is 9.95. The first-order valence-electron chi connectivity index (χ1n) is 11.5. The zero-order valence-electron chi connectivity index (χ0n) is 20.0. The van der Waals surface area contributed by atoms with Crippen molar-refractivity contribution in [3.8, 4) is 5.13 Å². The van der Waals surface area contributed by atoms with Crippen LogP contribution in [0.5, 0.6) is 0 Å². The molecule has 37 heavy (non-hydrogen) atoms. The van der Waals surface area contributed by atoms with Gasteiger partial charge in [0, 0.05) is 31.0 Å². The topological polar surface area (TPSA) is 118 Å². The molecule has 2 aromatic heterocycles. The van der Waals surface area contributed by atoms with Gasteiger partial charge >= 0.3 is 11.7 Å². The second kappa shape index (κ2) is 8.60. The Morgan fingerprint density at radius 2 is 1.89 bits per heavy atom. The first-order valence-corrected chi connectivity index (χ1v) is 13.6. The number of anilines is 1. The van der Waals surface area contributed by atoms with Crippen molar-refractivity contribution in [2.75, 3.05) is 18.6 Å². The van der Waals surface area contributed by atoms with Gasteiger partial charge in [-0.2, -0.15) is 0 Å². The standard InChI is InChI=1S/C25H22N6O4S2/c1-29-22(34)28-21(33)25(29)10-14-7-8-16(9-15(14)11-25)26-19(32)12-30-17-5-3-4-6-18(17)31(24(30)35)23-27-20(36-2)13-37-23/h3-9,13H,10-12H2,1-2H3,(H,26,32)(H,28,33,34). The number of amides is 4. The first kappa shape index (κ1) is 23.5. The predicted molar refractivity (Wildman–Crippen MR) is 142 cm³/mol. The molecule has 0 saturated carbocycles. The Morgan fingerprint density at radius 1 is 1.14 bits per heavy atom. The van der Waals surface area contributed by atoms with E-state index in [1.54, 1.807) is 13.1 Å². The molecule has 2 aromatic carbocycles. The van der Waals surface area contributed by atoms with E-state index in [9.17, 15) is 19.2 Å². The average Bonchev–Trinajstić information content (AvgIpc) is 3.62. The maximum atomic E-state index is 13.4. The van der Waals surface area contributed by atoms with Crippen molar-refractivity contribution in [1.29, 1.82) is 0 Å². The number of carbonyl (C=O) groups excluding carboxylic acids is 3. The monoisotopic (exact) mass is 534 g/mol. The molecule has 1 aliphatic carbocycles. The Balaban J connectivity index is 1.26. The summed E-state index contributed by atoms with van der Waals surface area (Å²) < 4.78 is 2.98. The van der Waals surface area contributed by atoms with Gasteiger partial charge in [0.25, 0.3) is 5.91 Å². The van der Waals surface area contributed by atoms with E-state index in [0.717, 1.165) is 16.2 Å². The normalized spacial score (nSPS) is 18.6. The fourth-order valence-electron chi connectivity index (χ4n) is 5.11. The number of thioether (sulfide) groups is 1. The summed E-state index contributed by atoms with van der Waals surface area (Å²) in [6.07, 6.45) is 2.72. The lowest BCUT2D eigenvalue weighted by molar-refractivity contribution is -0.125. The van der Waals surface area contributed by atoms with Gasteiger partial charge in [-0.15, -0.1) is 23.1 Å². The molecule has 2 aliphatic rings. The molecular formula is C25H22N6O4S2. The Labute approximate surface area is 219 Å². The average molecular weight is 535 g/mol. The third-order valence-electron chi connectivity index (χ3n) is 7.05. The molecule has 4 aromatic rings. The van der Waals surface area contributed by atoms with Crippen molar-refractivity contribution in [3.05, 3.63) is 69.5 Å². The minimum Gasteiger partial charge on any atom is -0.325 e. The lowest BCUT2D eigenvalue weighted by Gasteiger charge is -2.27.